The quantitative estimate of drug-likeness (QED) is 0.769. The van der Waals surface area contributed by atoms with E-state index in [1.807, 2.05) is 0 Å². The minimum absolute atomic E-state index is 0.00565. The van der Waals surface area contributed by atoms with E-state index in [-0.39, 0.29) is 12.0 Å². The molecule has 0 fully saturated rings. The number of rotatable bonds is 7. The zero-order valence-corrected chi connectivity index (χ0v) is 12.2. The Morgan fingerprint density at radius 3 is 2.63 bits per heavy atom. The van der Waals surface area contributed by atoms with Gasteiger partial charge in [0.05, 0.1) is 7.11 Å². The summed E-state index contributed by atoms with van der Waals surface area (Å²) in [6, 6.07) is 6.56. The molecule has 0 bridgehead atoms. The highest BCUT2D eigenvalue weighted by molar-refractivity contribution is 5.69. The van der Waals surface area contributed by atoms with E-state index in [1.54, 1.807) is 0 Å². The first-order valence-corrected chi connectivity index (χ1v) is 7.06. The fourth-order valence-corrected chi connectivity index (χ4v) is 2.26. The van der Waals surface area contributed by atoms with Gasteiger partial charge < -0.3 is 10.5 Å². The molecule has 0 saturated carbocycles. The monoisotopic (exact) mass is 263 g/mol. The lowest BCUT2D eigenvalue weighted by Crippen LogP contribution is -2.14. The van der Waals surface area contributed by atoms with E-state index < -0.39 is 0 Å². The lowest BCUT2D eigenvalue weighted by Gasteiger charge is -2.17. The highest BCUT2D eigenvalue weighted by Gasteiger charge is 2.12. The second kappa shape index (κ2) is 7.95. The molecular formula is C16H25NO2. The minimum atomic E-state index is -0.162. The Labute approximate surface area is 116 Å². The van der Waals surface area contributed by atoms with Crippen molar-refractivity contribution in [1.29, 1.82) is 0 Å². The Balaban J connectivity index is 2.69. The summed E-state index contributed by atoms with van der Waals surface area (Å²) in [6.45, 7) is 4.29. The molecule has 0 aliphatic rings. The summed E-state index contributed by atoms with van der Waals surface area (Å²) >= 11 is 0. The normalized spacial score (nSPS) is 12.2. The molecule has 1 aromatic carbocycles. The molecule has 0 saturated heterocycles. The van der Waals surface area contributed by atoms with Crippen LogP contribution in [-0.4, -0.2) is 13.1 Å². The molecule has 3 nitrogen and oxygen atoms in total. The average Bonchev–Trinajstić information content (AvgIpc) is 2.45. The SMILES string of the molecule is CCc1ccc(CC)c(C(N)CCCC(=O)OC)c1. The Morgan fingerprint density at radius 1 is 1.32 bits per heavy atom. The van der Waals surface area contributed by atoms with Crippen LogP contribution in [0.15, 0.2) is 18.2 Å². The van der Waals surface area contributed by atoms with Crippen molar-refractivity contribution in [3.63, 3.8) is 0 Å². The molecule has 1 rings (SSSR count). The molecular weight excluding hydrogens is 238 g/mol. The molecule has 1 aromatic rings. The van der Waals surface area contributed by atoms with Gasteiger partial charge in [-0.15, -0.1) is 0 Å². The van der Waals surface area contributed by atoms with E-state index in [2.05, 4.69) is 36.8 Å². The summed E-state index contributed by atoms with van der Waals surface area (Å²) in [5, 5.41) is 0. The topological polar surface area (TPSA) is 52.3 Å². The third kappa shape index (κ3) is 4.67. The van der Waals surface area contributed by atoms with Crippen LogP contribution in [0.3, 0.4) is 0 Å². The molecule has 0 aromatic heterocycles. The average molecular weight is 263 g/mol. The number of benzene rings is 1. The van der Waals surface area contributed by atoms with Crippen LogP contribution in [0.2, 0.25) is 0 Å². The highest BCUT2D eigenvalue weighted by atomic mass is 16.5. The lowest BCUT2D eigenvalue weighted by molar-refractivity contribution is -0.140. The number of hydrogen-bond acceptors (Lipinski definition) is 3. The van der Waals surface area contributed by atoms with Gasteiger partial charge in [0.1, 0.15) is 0 Å². The number of methoxy groups -OCH3 is 1. The van der Waals surface area contributed by atoms with E-state index in [4.69, 9.17) is 5.73 Å². The third-order valence-electron chi connectivity index (χ3n) is 3.52. The van der Waals surface area contributed by atoms with Crippen molar-refractivity contribution < 1.29 is 9.53 Å². The summed E-state index contributed by atoms with van der Waals surface area (Å²) in [6.07, 6.45) is 4.04. The third-order valence-corrected chi connectivity index (χ3v) is 3.52. The van der Waals surface area contributed by atoms with Gasteiger partial charge in [0.15, 0.2) is 0 Å². The van der Waals surface area contributed by atoms with Crippen LogP contribution in [0.4, 0.5) is 0 Å². The Morgan fingerprint density at radius 2 is 2.05 bits per heavy atom. The number of esters is 1. The van der Waals surface area contributed by atoms with Crippen LogP contribution in [0.5, 0.6) is 0 Å². The van der Waals surface area contributed by atoms with E-state index in [1.165, 1.54) is 23.8 Å². The van der Waals surface area contributed by atoms with Crippen molar-refractivity contribution >= 4 is 5.97 Å². The van der Waals surface area contributed by atoms with Gasteiger partial charge in [0.25, 0.3) is 0 Å². The maximum atomic E-state index is 11.1. The first-order valence-electron chi connectivity index (χ1n) is 7.06. The second-order valence-electron chi connectivity index (χ2n) is 4.82. The minimum Gasteiger partial charge on any atom is -0.469 e. The van der Waals surface area contributed by atoms with E-state index >= 15 is 0 Å². The summed E-state index contributed by atoms with van der Waals surface area (Å²) < 4.78 is 4.64. The van der Waals surface area contributed by atoms with Crippen molar-refractivity contribution in [2.24, 2.45) is 5.73 Å². The van der Waals surface area contributed by atoms with Crippen LogP contribution >= 0.6 is 0 Å². The van der Waals surface area contributed by atoms with Crippen LogP contribution in [0.1, 0.15) is 55.8 Å². The Hall–Kier alpha value is -1.35. The van der Waals surface area contributed by atoms with Gasteiger partial charge in [0.2, 0.25) is 0 Å². The van der Waals surface area contributed by atoms with Crippen LogP contribution in [0.25, 0.3) is 0 Å². The van der Waals surface area contributed by atoms with Gasteiger partial charge in [-0.1, -0.05) is 32.0 Å². The van der Waals surface area contributed by atoms with Crippen molar-refractivity contribution in [3.05, 3.63) is 34.9 Å². The van der Waals surface area contributed by atoms with Gasteiger partial charge in [-0.3, -0.25) is 4.79 Å². The van der Waals surface area contributed by atoms with Gasteiger partial charge in [-0.2, -0.15) is 0 Å². The van der Waals surface area contributed by atoms with E-state index in [0.29, 0.717) is 6.42 Å². The molecule has 0 aliphatic heterocycles. The van der Waals surface area contributed by atoms with Crippen molar-refractivity contribution in [2.45, 2.75) is 52.0 Å². The first kappa shape index (κ1) is 15.7. The largest absolute Gasteiger partial charge is 0.469 e. The highest BCUT2D eigenvalue weighted by Crippen LogP contribution is 2.23. The second-order valence-corrected chi connectivity index (χ2v) is 4.82. The molecule has 0 aliphatic carbocycles. The van der Waals surface area contributed by atoms with E-state index in [9.17, 15) is 4.79 Å². The summed E-state index contributed by atoms with van der Waals surface area (Å²) in [7, 11) is 1.42. The first-order chi connectivity index (χ1) is 9.12. The van der Waals surface area contributed by atoms with Crippen molar-refractivity contribution in [1.82, 2.24) is 0 Å². The predicted molar refractivity (Wildman–Crippen MR) is 78.0 cm³/mol. The lowest BCUT2D eigenvalue weighted by atomic mass is 9.93. The molecule has 0 spiro atoms. The molecule has 1 atom stereocenters. The predicted octanol–water partition coefficient (Wildman–Crippen LogP) is 3.15. The fourth-order valence-electron chi connectivity index (χ4n) is 2.26. The van der Waals surface area contributed by atoms with Crippen molar-refractivity contribution in [3.8, 4) is 0 Å². The summed E-state index contributed by atoms with van der Waals surface area (Å²) in [4.78, 5) is 11.1. The van der Waals surface area contributed by atoms with E-state index in [0.717, 1.165) is 25.7 Å². The fraction of sp³-hybridized carbons (Fsp3) is 0.562. The number of carbonyl (C=O) groups is 1. The molecule has 0 radical (unpaired) electrons. The van der Waals surface area contributed by atoms with Gasteiger partial charge >= 0.3 is 5.97 Å². The number of aryl methyl sites for hydroxylation is 2. The Bertz CT molecular complexity index is 415. The summed E-state index contributed by atoms with van der Waals surface area (Å²) in [5.74, 6) is -0.162. The Kier molecular flexibility index (Phi) is 6.57. The zero-order chi connectivity index (χ0) is 14.3. The van der Waals surface area contributed by atoms with Crippen molar-refractivity contribution in [2.75, 3.05) is 7.11 Å². The molecule has 2 N–H and O–H groups in total. The van der Waals surface area contributed by atoms with Gasteiger partial charge in [-0.25, -0.2) is 0 Å². The molecule has 3 heteroatoms. The molecule has 1 unspecified atom stereocenters. The molecule has 0 heterocycles. The maximum Gasteiger partial charge on any atom is 0.305 e. The standard InChI is InChI=1S/C16H25NO2/c1-4-12-9-10-13(5-2)14(11-12)15(17)7-6-8-16(18)19-3/h9-11,15H,4-8,17H2,1-3H3. The van der Waals surface area contributed by atoms with Crippen LogP contribution in [0, 0.1) is 0 Å². The van der Waals surface area contributed by atoms with Crippen LogP contribution in [-0.2, 0) is 22.4 Å². The number of ether oxygens (including phenoxy) is 1. The number of hydrogen-bond donors (Lipinski definition) is 1. The molecule has 0 amide bonds. The number of nitrogens with two attached hydrogens (primary N) is 1. The maximum absolute atomic E-state index is 11.1. The smallest absolute Gasteiger partial charge is 0.305 e. The molecule has 106 valence electrons. The summed E-state index contributed by atoms with van der Waals surface area (Å²) in [5.41, 5.74) is 10.1. The van der Waals surface area contributed by atoms with Gasteiger partial charge in [0, 0.05) is 12.5 Å². The number of carbonyl (C=O) groups excluding carboxylic acids is 1. The molecule has 19 heavy (non-hydrogen) atoms. The van der Waals surface area contributed by atoms with Crippen LogP contribution < -0.4 is 5.73 Å². The zero-order valence-electron chi connectivity index (χ0n) is 12.2. The van der Waals surface area contributed by atoms with Gasteiger partial charge in [-0.05, 0) is 42.4 Å².